The number of aryl methyl sites for hydroxylation is 4. The van der Waals surface area contributed by atoms with E-state index in [0.29, 0.717) is 102 Å². The molecule has 8 aromatic carbocycles. The average molecular weight is 1850 g/mol. The number of carbonyl (C=O) groups excluding carboxylic acids is 4. The molecule has 3 amide bonds. The van der Waals surface area contributed by atoms with Crippen LogP contribution in [0, 0.1) is 24.1 Å². The van der Waals surface area contributed by atoms with Crippen molar-refractivity contribution in [2.75, 3.05) is 98.4 Å². The zero-order chi connectivity index (χ0) is 96.0. The Morgan fingerprint density at radius 3 is 2.21 bits per heavy atom. The summed E-state index contributed by atoms with van der Waals surface area (Å²) in [6, 6.07) is 64.8. The molecule has 0 bridgehead atoms. The van der Waals surface area contributed by atoms with Crippen LogP contribution in [0.4, 0.5) is 56.1 Å². The van der Waals surface area contributed by atoms with E-state index in [2.05, 4.69) is 116 Å². The maximum atomic E-state index is 14.2. The number of fused-ring (bicyclic) bond motifs is 6. The van der Waals surface area contributed by atoms with E-state index in [1.54, 1.807) is 107 Å². The van der Waals surface area contributed by atoms with Crippen LogP contribution in [0.5, 0.6) is 23.0 Å². The molecule has 1 fully saturated rings. The molecular formula is C106H102ClFN20O9. The van der Waals surface area contributed by atoms with E-state index in [1.807, 2.05) is 179 Å². The number of Topliss-reactive ketones (excluding diaryl/α,β-unsaturated/α-hetero) is 1. The predicted octanol–water partition coefficient (Wildman–Crippen LogP) is 18.6. The van der Waals surface area contributed by atoms with Crippen LogP contribution >= 0.6 is 11.6 Å². The van der Waals surface area contributed by atoms with Gasteiger partial charge in [-0.05, 0) is 228 Å². The fourth-order valence-corrected chi connectivity index (χ4v) is 16.5. The summed E-state index contributed by atoms with van der Waals surface area (Å²) in [7, 11) is 7.38. The van der Waals surface area contributed by atoms with Crippen LogP contribution in [-0.2, 0) is 56.6 Å². The summed E-state index contributed by atoms with van der Waals surface area (Å²) in [6.45, 7) is 18.7. The number of hydrazine groups is 1. The van der Waals surface area contributed by atoms with E-state index < -0.39 is 5.82 Å². The molecular weight excluding hydrogens is 1750 g/mol. The zero-order valence-electron chi connectivity index (χ0n) is 76.6. The minimum atomic E-state index is -0.618. The molecule has 137 heavy (non-hydrogen) atoms. The molecule has 29 nitrogen and oxygen atoms in total. The number of hydrogen-bond acceptors (Lipinski definition) is 24. The number of nitrogens with zero attached hydrogens (tertiary/aromatic N) is 15. The summed E-state index contributed by atoms with van der Waals surface area (Å²) in [5.74, 6) is 3.01. The fraction of sp³-hybridized carbons (Fsp3) is 0.208. The molecule has 0 radical (unpaired) electrons. The summed E-state index contributed by atoms with van der Waals surface area (Å²) in [6.07, 6.45) is 20.4. The number of methoxy groups -OCH3 is 1. The van der Waals surface area contributed by atoms with Crippen LogP contribution in [0.2, 0.25) is 5.02 Å². The van der Waals surface area contributed by atoms with Gasteiger partial charge in [0.1, 0.15) is 47.8 Å². The lowest BCUT2D eigenvalue weighted by atomic mass is 9.99. The van der Waals surface area contributed by atoms with Crippen molar-refractivity contribution in [3.63, 3.8) is 0 Å². The highest BCUT2D eigenvalue weighted by molar-refractivity contribution is 6.31. The topological polar surface area (TPSA) is 332 Å². The Kier molecular flexibility index (Phi) is 31.4. The van der Waals surface area contributed by atoms with Gasteiger partial charge in [0.2, 0.25) is 23.7 Å². The Bertz CT molecular complexity index is 7040. The number of benzene rings is 8. The second-order valence-electron chi connectivity index (χ2n) is 32.7. The number of anilines is 9. The van der Waals surface area contributed by atoms with Gasteiger partial charge in [-0.2, -0.15) is 15.3 Å². The van der Waals surface area contributed by atoms with Crippen LogP contribution in [0.1, 0.15) is 77.0 Å². The van der Waals surface area contributed by atoms with Crippen LogP contribution in [-0.4, -0.2) is 156 Å². The summed E-state index contributed by atoms with van der Waals surface area (Å²) in [4.78, 5) is 98.3. The number of ketones is 1. The maximum Gasteiger partial charge on any atom is 0.255 e. The Hall–Kier alpha value is -16.2. The molecule has 2 unspecified atom stereocenters. The van der Waals surface area contributed by atoms with Gasteiger partial charge in [-0.1, -0.05) is 92.0 Å². The van der Waals surface area contributed by atoms with E-state index in [0.717, 1.165) is 151 Å². The van der Waals surface area contributed by atoms with Crippen LogP contribution < -0.4 is 56.4 Å². The van der Waals surface area contributed by atoms with E-state index >= 15 is 0 Å². The van der Waals surface area contributed by atoms with Crippen molar-refractivity contribution < 1.29 is 42.5 Å². The number of halogens is 2. The molecule has 2 atom stereocenters. The first-order valence-corrected chi connectivity index (χ1v) is 45.0. The Morgan fingerprint density at radius 2 is 1.47 bits per heavy atom. The Morgan fingerprint density at radius 1 is 0.693 bits per heavy atom. The second-order valence-corrected chi connectivity index (χ2v) is 33.1. The molecule has 31 heteroatoms. The number of nitriles is 1. The van der Waals surface area contributed by atoms with Crippen LogP contribution in [0.25, 0.3) is 49.5 Å². The van der Waals surface area contributed by atoms with Crippen molar-refractivity contribution in [1.29, 1.82) is 5.26 Å². The number of para-hydroxylation sites is 1. The number of hydrogen-bond donors (Lipinski definition) is 5. The van der Waals surface area contributed by atoms with Gasteiger partial charge >= 0.3 is 0 Å². The summed E-state index contributed by atoms with van der Waals surface area (Å²) < 4.78 is 40.0. The Balaban J connectivity index is 0.000000139. The van der Waals surface area contributed by atoms with Crippen molar-refractivity contribution in [2.24, 2.45) is 7.05 Å². The molecule has 5 N–H and O–H groups in total. The predicted molar refractivity (Wildman–Crippen MR) is 534 cm³/mol. The third kappa shape index (κ3) is 23.7. The van der Waals surface area contributed by atoms with Gasteiger partial charge in [-0.15, -0.1) is 0 Å². The van der Waals surface area contributed by atoms with Gasteiger partial charge in [0.15, 0.2) is 17.5 Å². The summed E-state index contributed by atoms with van der Waals surface area (Å²) in [5, 5.41) is 31.3. The van der Waals surface area contributed by atoms with Gasteiger partial charge in [-0.3, -0.25) is 53.2 Å². The second kappa shape index (κ2) is 45.0. The largest absolute Gasteiger partial charge is 0.494 e. The highest BCUT2D eigenvalue weighted by Crippen LogP contribution is 2.42. The van der Waals surface area contributed by atoms with Crippen molar-refractivity contribution in [1.82, 2.24) is 64.5 Å². The van der Waals surface area contributed by atoms with Crippen molar-refractivity contribution in [3.05, 3.63) is 348 Å². The first-order chi connectivity index (χ1) is 66.6. The quantitative estimate of drug-likeness (QED) is 0.0159. The normalized spacial score (nSPS) is 13.4. The molecule has 694 valence electrons. The lowest BCUT2D eigenvalue weighted by molar-refractivity contribution is -0.127. The first-order valence-electron chi connectivity index (χ1n) is 44.7. The molecule has 7 aromatic heterocycles. The van der Waals surface area contributed by atoms with E-state index in [1.165, 1.54) is 18.2 Å². The van der Waals surface area contributed by atoms with E-state index in [4.69, 9.17) is 30.5 Å². The van der Waals surface area contributed by atoms with Gasteiger partial charge < -0.3 is 54.9 Å². The van der Waals surface area contributed by atoms with Gasteiger partial charge in [0.05, 0.1) is 71.2 Å². The Labute approximate surface area is 797 Å². The lowest BCUT2D eigenvalue weighted by Gasteiger charge is -2.38. The number of aromatic nitrogens is 10. The third-order valence-corrected chi connectivity index (χ3v) is 23.4. The number of pyridine rings is 4. The van der Waals surface area contributed by atoms with Gasteiger partial charge in [0.25, 0.3) is 5.56 Å². The van der Waals surface area contributed by atoms with Crippen molar-refractivity contribution >= 4 is 120 Å². The number of likely N-dealkylation sites (tertiary alicyclic amines) is 1. The van der Waals surface area contributed by atoms with E-state index in [9.17, 15) is 33.6 Å². The number of nitrogens with one attached hydrogen (secondary N) is 5. The molecule has 0 spiro atoms. The van der Waals surface area contributed by atoms with Crippen LogP contribution in [0.15, 0.2) is 286 Å². The average Bonchev–Trinajstić information content (AvgIpc) is 1.74. The number of ether oxygens (including phenoxy) is 4. The molecule has 18 rings (SSSR count). The van der Waals surface area contributed by atoms with Crippen molar-refractivity contribution in [3.8, 4) is 45.9 Å². The molecule has 3 aliphatic heterocycles. The monoisotopic (exact) mass is 1850 g/mol. The molecule has 0 saturated carbocycles. The number of carbonyl (C=O) groups is 4. The highest BCUT2D eigenvalue weighted by atomic mass is 35.5. The smallest absolute Gasteiger partial charge is 0.255 e. The molecule has 15 aromatic rings. The lowest BCUT2D eigenvalue weighted by Crippen LogP contribution is -2.53. The van der Waals surface area contributed by atoms with Crippen LogP contribution in [0.3, 0.4) is 0 Å². The fourth-order valence-electron chi connectivity index (χ4n) is 16.3. The van der Waals surface area contributed by atoms with E-state index in [-0.39, 0.29) is 59.3 Å². The number of rotatable bonds is 30. The first kappa shape index (κ1) is 95.4. The zero-order valence-corrected chi connectivity index (χ0v) is 77.4. The molecule has 0 aliphatic carbocycles. The minimum Gasteiger partial charge on any atom is -0.494 e. The van der Waals surface area contributed by atoms with Gasteiger partial charge in [0, 0.05) is 168 Å². The van der Waals surface area contributed by atoms with Gasteiger partial charge in [-0.25, -0.2) is 24.8 Å². The number of amides is 3. The standard InChI is InChI=1S/C31H32ClN5O2.C27H21N5O2.C26H27N5O2.C22H22FN5O3/c1-4-39-30-18-29-27(16-22(30)15-26(38)12-14-37(2)3)31(23(19-33)20-35-29)36-25-11-9-21(28(32)17-25)8-10-24-7-5-6-13-34-24;1-3-25(33)31-11-10-17-4-7-21(13-24(17)31)32-26(34)9-6-19-14-28-23-8-5-18(12-22(23)27(19)32)20-15-29-30(2)16-20;1-3-23(32)30-15-7-8-20(16-30)31-26-24(18(2)27-17-28-26)25(29-31)19-11-13-22(14-12-19)33-21-9-5-4-6-10-21;1-3-20(29)25-16-5-4-6-17(13-16)26-21-19(23)14-24-22(28-21)27-15-7-9-18(10-8-15)31-12-11-30-2/h5-7,9,11,13,16-18,20H,4,8,10,12,14-15H2,1-3H3,(H,35,36);3-9,12-16H,1,10-11H2,2H3;3-6,9-14,17,20,25,29H,1,7-8,15-16H2,2H3;3-10,13-14H,1,11-12H2,2H3,(H,25,29)(H2,24,26,27,28). The summed E-state index contributed by atoms with van der Waals surface area (Å²) in [5.41, 5.74) is 19.8. The highest BCUT2D eigenvalue weighted by Gasteiger charge is 2.39. The molecule has 3 aliphatic rings. The third-order valence-electron chi connectivity index (χ3n) is 23.1. The van der Waals surface area contributed by atoms with Crippen molar-refractivity contribution in [2.45, 2.75) is 70.9 Å². The molecule has 1 saturated heterocycles. The molecule has 10 heterocycles. The number of piperidine rings is 1. The maximum absolute atomic E-state index is 14.2. The minimum absolute atomic E-state index is 0.00998. The SMILES string of the molecule is C=CC(=O)N1CCCC(N2NC(c3ccc(Oc4ccccc4)cc3)c3c(C)ncnc32)C1.C=CC(=O)N1CCc2ccc(-n3c(=O)ccc4cnc5ccc(-c6cnn(C)c6)cc5c43)cc21.C=CC(=O)Nc1cccc(Nc2nc(Nc3ccc(OCCOC)cc3)ncc2F)c1.CCOc1cc2ncc(C#N)c(Nc3ccc(CCc4ccccn4)c(Cl)c3)c2cc1CC(=O)CCN(C)C. The summed E-state index contributed by atoms with van der Waals surface area (Å²) >= 11 is 6.65.